The van der Waals surface area contributed by atoms with Crippen LogP contribution in [0.3, 0.4) is 0 Å². The molecule has 0 aliphatic heterocycles. The van der Waals surface area contributed by atoms with Crippen LogP contribution in [0.5, 0.6) is 5.75 Å². The van der Waals surface area contributed by atoms with E-state index >= 15 is 0 Å². The van der Waals surface area contributed by atoms with E-state index in [9.17, 15) is 5.26 Å². The summed E-state index contributed by atoms with van der Waals surface area (Å²) in [6, 6.07) is 10.2. The Morgan fingerprint density at radius 1 is 1.23 bits per heavy atom. The number of thiophene rings is 1. The fraction of sp³-hybridized carbons (Fsp3) is 0.333. The van der Waals surface area contributed by atoms with Gasteiger partial charge >= 0.3 is 0 Å². The summed E-state index contributed by atoms with van der Waals surface area (Å²) >= 11 is 1.68. The van der Waals surface area contributed by atoms with E-state index in [1.165, 1.54) is 23.3 Å². The molecule has 0 radical (unpaired) electrons. The SMILES string of the molecule is COc1ccc(/C(C)=N\c2sc3c(c2C#N)CCCC3)cc1. The normalized spacial score (nSPS) is 14.3. The van der Waals surface area contributed by atoms with Crippen LogP contribution in [-0.2, 0) is 12.8 Å². The minimum Gasteiger partial charge on any atom is -0.497 e. The molecule has 0 unspecified atom stereocenters. The number of methoxy groups -OCH3 is 1. The summed E-state index contributed by atoms with van der Waals surface area (Å²) in [7, 11) is 1.66. The minimum absolute atomic E-state index is 0.785. The summed E-state index contributed by atoms with van der Waals surface area (Å²) in [6.45, 7) is 1.99. The van der Waals surface area contributed by atoms with Crippen LogP contribution in [0.25, 0.3) is 0 Å². The molecule has 0 bridgehead atoms. The lowest BCUT2D eigenvalue weighted by Gasteiger charge is -2.09. The summed E-state index contributed by atoms with van der Waals surface area (Å²) in [5.74, 6) is 0.834. The summed E-state index contributed by atoms with van der Waals surface area (Å²) in [5, 5.41) is 10.3. The second-order valence-electron chi connectivity index (χ2n) is 5.43. The molecule has 0 fully saturated rings. The van der Waals surface area contributed by atoms with Gasteiger partial charge in [0.1, 0.15) is 16.8 Å². The number of nitrogens with zero attached hydrogens (tertiary/aromatic N) is 2. The molecule has 2 aromatic rings. The van der Waals surface area contributed by atoms with Crippen LogP contribution < -0.4 is 4.74 Å². The van der Waals surface area contributed by atoms with E-state index in [-0.39, 0.29) is 0 Å². The van der Waals surface area contributed by atoms with Gasteiger partial charge in [-0.3, -0.25) is 0 Å². The molecule has 3 nitrogen and oxygen atoms in total. The Morgan fingerprint density at radius 3 is 2.64 bits per heavy atom. The molecule has 0 saturated heterocycles. The minimum atomic E-state index is 0.785. The van der Waals surface area contributed by atoms with Crippen molar-refractivity contribution in [1.82, 2.24) is 0 Å². The Kier molecular flexibility index (Phi) is 4.26. The number of hydrogen-bond acceptors (Lipinski definition) is 4. The van der Waals surface area contributed by atoms with Crippen LogP contribution in [0.15, 0.2) is 29.3 Å². The third kappa shape index (κ3) is 2.77. The van der Waals surface area contributed by atoms with Gasteiger partial charge in [0.15, 0.2) is 0 Å². The van der Waals surface area contributed by atoms with Crippen molar-refractivity contribution in [2.75, 3.05) is 7.11 Å². The molecule has 22 heavy (non-hydrogen) atoms. The molecule has 0 N–H and O–H groups in total. The quantitative estimate of drug-likeness (QED) is 0.775. The van der Waals surface area contributed by atoms with Gasteiger partial charge in [-0.05, 0) is 68.0 Å². The van der Waals surface area contributed by atoms with Gasteiger partial charge in [-0.2, -0.15) is 5.26 Å². The zero-order chi connectivity index (χ0) is 15.5. The van der Waals surface area contributed by atoms with Gasteiger partial charge in [0.05, 0.1) is 12.7 Å². The first-order valence-electron chi connectivity index (χ1n) is 7.47. The zero-order valence-corrected chi connectivity index (χ0v) is 13.7. The number of aliphatic imine (C=N–C) groups is 1. The standard InChI is InChI=1S/C18H18N2OS/c1-12(13-7-9-14(21-2)10-8-13)20-18-16(11-19)15-5-3-4-6-17(15)22-18/h7-10H,3-6H2,1-2H3/b20-12-. The predicted molar refractivity (Wildman–Crippen MR) is 90.5 cm³/mol. The number of ether oxygens (including phenoxy) is 1. The van der Waals surface area contributed by atoms with Crippen molar-refractivity contribution in [3.8, 4) is 11.8 Å². The van der Waals surface area contributed by atoms with E-state index in [4.69, 9.17) is 9.73 Å². The van der Waals surface area contributed by atoms with E-state index in [1.54, 1.807) is 18.4 Å². The smallest absolute Gasteiger partial charge is 0.134 e. The van der Waals surface area contributed by atoms with Gasteiger partial charge < -0.3 is 4.74 Å². The third-order valence-electron chi connectivity index (χ3n) is 4.04. The van der Waals surface area contributed by atoms with Gasteiger partial charge in [0.25, 0.3) is 0 Å². The number of hydrogen-bond donors (Lipinski definition) is 0. The Labute approximate surface area is 134 Å². The van der Waals surface area contributed by atoms with Gasteiger partial charge in [-0.1, -0.05) is 0 Å². The largest absolute Gasteiger partial charge is 0.497 e. The fourth-order valence-corrected chi connectivity index (χ4v) is 4.06. The molecule has 1 heterocycles. The van der Waals surface area contributed by atoms with Crippen molar-refractivity contribution in [2.45, 2.75) is 32.6 Å². The summed E-state index contributed by atoms with van der Waals surface area (Å²) in [4.78, 5) is 6.08. The second-order valence-corrected chi connectivity index (χ2v) is 6.51. The first-order chi connectivity index (χ1) is 10.7. The lowest BCUT2D eigenvalue weighted by molar-refractivity contribution is 0.415. The monoisotopic (exact) mass is 310 g/mol. The third-order valence-corrected chi connectivity index (χ3v) is 5.23. The predicted octanol–water partition coefficient (Wildman–Crippen LogP) is 4.65. The highest BCUT2D eigenvalue weighted by molar-refractivity contribution is 7.16. The van der Waals surface area contributed by atoms with Crippen LogP contribution in [0.2, 0.25) is 0 Å². The highest BCUT2D eigenvalue weighted by atomic mass is 32.1. The lowest BCUT2D eigenvalue weighted by atomic mass is 9.96. The molecule has 1 aromatic carbocycles. The van der Waals surface area contributed by atoms with Crippen LogP contribution >= 0.6 is 11.3 Å². The molecule has 3 rings (SSSR count). The molecule has 0 saturated carbocycles. The van der Waals surface area contributed by atoms with Gasteiger partial charge in [0, 0.05) is 10.6 Å². The summed E-state index contributed by atoms with van der Waals surface area (Å²) < 4.78 is 5.18. The molecule has 0 spiro atoms. The number of rotatable bonds is 3. The van der Waals surface area contributed by atoms with Crippen LogP contribution in [0.4, 0.5) is 5.00 Å². The zero-order valence-electron chi connectivity index (χ0n) is 12.8. The van der Waals surface area contributed by atoms with Crippen molar-refractivity contribution < 1.29 is 4.74 Å². The number of aryl methyl sites for hydroxylation is 1. The van der Waals surface area contributed by atoms with Crippen molar-refractivity contribution >= 4 is 22.0 Å². The Morgan fingerprint density at radius 2 is 1.95 bits per heavy atom. The van der Waals surface area contributed by atoms with Crippen LogP contribution in [0, 0.1) is 11.3 Å². The molecule has 0 amide bonds. The Hall–Kier alpha value is -2.12. The topological polar surface area (TPSA) is 45.4 Å². The maximum absolute atomic E-state index is 9.49. The number of benzene rings is 1. The molecule has 4 heteroatoms. The first-order valence-corrected chi connectivity index (χ1v) is 8.29. The van der Waals surface area contributed by atoms with Gasteiger partial charge in [0.2, 0.25) is 0 Å². The van der Waals surface area contributed by atoms with Crippen LogP contribution in [-0.4, -0.2) is 12.8 Å². The van der Waals surface area contributed by atoms with E-state index in [1.807, 2.05) is 31.2 Å². The van der Waals surface area contributed by atoms with Gasteiger partial charge in [-0.15, -0.1) is 11.3 Å². The summed E-state index contributed by atoms with van der Waals surface area (Å²) in [5.41, 5.74) is 4.00. The average molecular weight is 310 g/mol. The average Bonchev–Trinajstić information content (AvgIpc) is 2.91. The van der Waals surface area contributed by atoms with Crippen molar-refractivity contribution in [3.05, 3.63) is 45.8 Å². The van der Waals surface area contributed by atoms with E-state index in [0.717, 1.165) is 40.4 Å². The highest BCUT2D eigenvalue weighted by Crippen LogP contribution is 2.39. The van der Waals surface area contributed by atoms with E-state index < -0.39 is 0 Å². The second kappa shape index (κ2) is 6.33. The molecular weight excluding hydrogens is 292 g/mol. The van der Waals surface area contributed by atoms with E-state index in [0.29, 0.717) is 0 Å². The molecular formula is C18H18N2OS. The fourth-order valence-electron chi connectivity index (χ4n) is 2.79. The summed E-state index contributed by atoms with van der Waals surface area (Å²) in [6.07, 6.45) is 4.51. The van der Waals surface area contributed by atoms with Gasteiger partial charge in [-0.25, -0.2) is 4.99 Å². The Bertz CT molecular complexity index is 751. The molecule has 1 aromatic heterocycles. The van der Waals surface area contributed by atoms with Crippen LogP contribution in [0.1, 0.15) is 41.3 Å². The van der Waals surface area contributed by atoms with E-state index in [2.05, 4.69) is 6.07 Å². The van der Waals surface area contributed by atoms with Crippen molar-refractivity contribution in [3.63, 3.8) is 0 Å². The maximum Gasteiger partial charge on any atom is 0.134 e. The van der Waals surface area contributed by atoms with Crippen molar-refractivity contribution in [2.24, 2.45) is 4.99 Å². The Balaban J connectivity index is 1.97. The van der Waals surface area contributed by atoms with Crippen molar-refractivity contribution in [1.29, 1.82) is 5.26 Å². The lowest BCUT2D eigenvalue weighted by Crippen LogP contribution is -1.99. The maximum atomic E-state index is 9.49. The molecule has 112 valence electrons. The molecule has 0 atom stereocenters. The molecule has 1 aliphatic carbocycles. The molecule has 1 aliphatic rings. The highest BCUT2D eigenvalue weighted by Gasteiger charge is 2.20. The number of fused-ring (bicyclic) bond motifs is 1. The first kappa shape index (κ1) is 14.8. The number of nitriles is 1.